The highest BCUT2D eigenvalue weighted by Crippen LogP contribution is 2.49. The maximum absolute atomic E-state index is 6.46. The second kappa shape index (κ2) is 7.41. The van der Waals surface area contributed by atoms with Gasteiger partial charge in [-0.15, -0.1) is 0 Å². The van der Waals surface area contributed by atoms with Gasteiger partial charge < -0.3 is 14.2 Å². The monoisotopic (exact) mass is 400 g/mol. The number of nitrogens with zero attached hydrogens (tertiary/aromatic N) is 2. The lowest BCUT2D eigenvalue weighted by molar-refractivity contribution is -0.0205. The lowest BCUT2D eigenvalue weighted by Gasteiger charge is -2.38. The van der Waals surface area contributed by atoms with Gasteiger partial charge in [-0.05, 0) is 30.7 Å². The van der Waals surface area contributed by atoms with Crippen LogP contribution in [0.15, 0.2) is 71.8 Å². The predicted octanol–water partition coefficient (Wildman–Crippen LogP) is 5.25. The molecule has 2 atom stereocenters. The van der Waals surface area contributed by atoms with Crippen molar-refractivity contribution in [3.63, 3.8) is 0 Å². The Kier molecular flexibility index (Phi) is 4.58. The van der Waals surface area contributed by atoms with Gasteiger partial charge in [-0.3, -0.25) is 0 Å². The summed E-state index contributed by atoms with van der Waals surface area (Å²) < 4.78 is 17.7. The van der Waals surface area contributed by atoms with Gasteiger partial charge >= 0.3 is 0 Å². The van der Waals surface area contributed by atoms with Gasteiger partial charge in [0.2, 0.25) is 6.23 Å². The van der Waals surface area contributed by atoms with Crippen molar-refractivity contribution in [2.24, 2.45) is 5.10 Å². The standard InChI is InChI=1S/C25H24N2O3/c1-16-11-13-17(14-12-16)20-15-21-18-7-4-5-9-22(18)30-25(27(21)26-20)19-8-6-10-23(28-2)24(19)29-3/h4-14,21,25H,15H2,1-3H3. The van der Waals surface area contributed by atoms with E-state index in [1.165, 1.54) is 5.56 Å². The highest BCUT2D eigenvalue weighted by atomic mass is 16.5. The lowest BCUT2D eigenvalue weighted by Crippen LogP contribution is -2.34. The van der Waals surface area contributed by atoms with Gasteiger partial charge in [-0.25, -0.2) is 5.01 Å². The molecule has 0 N–H and O–H groups in total. The Morgan fingerprint density at radius 2 is 1.67 bits per heavy atom. The Hall–Kier alpha value is -3.47. The molecule has 152 valence electrons. The number of benzene rings is 3. The van der Waals surface area contributed by atoms with Crippen molar-refractivity contribution in [2.75, 3.05) is 14.2 Å². The van der Waals surface area contributed by atoms with Crippen molar-refractivity contribution in [3.05, 3.63) is 89.0 Å². The van der Waals surface area contributed by atoms with Crippen LogP contribution in [0.3, 0.4) is 0 Å². The Labute approximate surface area is 176 Å². The molecular weight excluding hydrogens is 376 g/mol. The van der Waals surface area contributed by atoms with Crippen LogP contribution < -0.4 is 14.2 Å². The van der Waals surface area contributed by atoms with Crippen LogP contribution in [0.5, 0.6) is 17.2 Å². The summed E-state index contributed by atoms with van der Waals surface area (Å²) in [5, 5.41) is 7.09. The second-order valence-electron chi connectivity index (χ2n) is 7.60. The molecule has 0 spiro atoms. The molecule has 0 aliphatic carbocycles. The van der Waals surface area contributed by atoms with Gasteiger partial charge in [-0.1, -0.05) is 54.1 Å². The number of ether oxygens (including phenoxy) is 3. The third-order valence-corrected chi connectivity index (χ3v) is 5.78. The molecule has 2 aliphatic rings. The van der Waals surface area contributed by atoms with Crippen LogP contribution in [0.4, 0.5) is 0 Å². The Bertz CT molecular complexity index is 1110. The molecule has 2 aliphatic heterocycles. The molecule has 0 bridgehead atoms. The first kappa shape index (κ1) is 18.6. The first-order chi connectivity index (χ1) is 14.7. The molecule has 5 heteroatoms. The van der Waals surface area contributed by atoms with E-state index in [1.54, 1.807) is 14.2 Å². The fourth-order valence-electron chi connectivity index (χ4n) is 4.27. The van der Waals surface area contributed by atoms with Crippen LogP contribution in [-0.4, -0.2) is 24.9 Å². The van der Waals surface area contributed by atoms with Crippen molar-refractivity contribution in [2.45, 2.75) is 25.6 Å². The number of hydrazone groups is 1. The first-order valence-corrected chi connectivity index (χ1v) is 10.1. The van der Waals surface area contributed by atoms with E-state index < -0.39 is 6.23 Å². The minimum absolute atomic E-state index is 0.104. The van der Waals surface area contributed by atoms with Crippen molar-refractivity contribution >= 4 is 5.71 Å². The zero-order valence-electron chi connectivity index (χ0n) is 17.3. The van der Waals surface area contributed by atoms with Gasteiger partial charge in [-0.2, -0.15) is 5.10 Å². The largest absolute Gasteiger partial charge is 0.493 e. The quantitative estimate of drug-likeness (QED) is 0.600. The maximum Gasteiger partial charge on any atom is 0.217 e. The van der Waals surface area contributed by atoms with E-state index in [4.69, 9.17) is 19.3 Å². The van der Waals surface area contributed by atoms with Crippen molar-refractivity contribution < 1.29 is 14.2 Å². The summed E-state index contributed by atoms with van der Waals surface area (Å²) in [6.07, 6.45) is 0.421. The zero-order valence-corrected chi connectivity index (χ0v) is 17.3. The highest BCUT2D eigenvalue weighted by Gasteiger charge is 2.42. The fraction of sp³-hybridized carbons (Fsp3) is 0.240. The van der Waals surface area contributed by atoms with Crippen LogP contribution in [0.25, 0.3) is 0 Å². The topological polar surface area (TPSA) is 43.3 Å². The van der Waals surface area contributed by atoms with Gasteiger partial charge in [0, 0.05) is 12.0 Å². The molecule has 0 radical (unpaired) electrons. The summed E-state index contributed by atoms with van der Waals surface area (Å²) in [5.74, 6) is 2.23. The van der Waals surface area contributed by atoms with Gasteiger partial charge in [0.05, 0.1) is 31.5 Å². The number of hydrogen-bond acceptors (Lipinski definition) is 5. The van der Waals surface area contributed by atoms with E-state index in [-0.39, 0.29) is 6.04 Å². The number of hydrogen-bond donors (Lipinski definition) is 0. The molecule has 3 aromatic rings. The number of methoxy groups -OCH3 is 2. The van der Waals surface area contributed by atoms with E-state index in [0.717, 1.165) is 34.6 Å². The summed E-state index contributed by atoms with van der Waals surface area (Å²) >= 11 is 0. The van der Waals surface area contributed by atoms with Crippen LogP contribution in [0, 0.1) is 6.92 Å². The zero-order chi connectivity index (χ0) is 20.7. The molecule has 0 fully saturated rings. The van der Waals surface area contributed by atoms with E-state index in [9.17, 15) is 0 Å². The van der Waals surface area contributed by atoms with Crippen LogP contribution in [0.1, 0.15) is 40.9 Å². The average molecular weight is 400 g/mol. The number of aryl methyl sites for hydroxylation is 1. The molecule has 5 rings (SSSR count). The molecule has 3 aromatic carbocycles. The smallest absolute Gasteiger partial charge is 0.217 e. The van der Waals surface area contributed by atoms with Gasteiger partial charge in [0.25, 0.3) is 0 Å². The molecule has 30 heavy (non-hydrogen) atoms. The first-order valence-electron chi connectivity index (χ1n) is 10.1. The van der Waals surface area contributed by atoms with Crippen LogP contribution in [0.2, 0.25) is 0 Å². The normalized spacial score (nSPS) is 19.4. The lowest BCUT2D eigenvalue weighted by atomic mass is 9.95. The van der Waals surface area contributed by atoms with Gasteiger partial charge in [0.1, 0.15) is 5.75 Å². The third kappa shape index (κ3) is 2.98. The van der Waals surface area contributed by atoms with Gasteiger partial charge in [0.15, 0.2) is 11.5 Å². The molecular formula is C25H24N2O3. The third-order valence-electron chi connectivity index (χ3n) is 5.78. The summed E-state index contributed by atoms with van der Waals surface area (Å²) in [4.78, 5) is 0. The predicted molar refractivity (Wildman–Crippen MR) is 116 cm³/mol. The molecule has 0 saturated carbocycles. The van der Waals surface area contributed by atoms with E-state index >= 15 is 0 Å². The fourth-order valence-corrected chi connectivity index (χ4v) is 4.27. The Morgan fingerprint density at radius 1 is 0.900 bits per heavy atom. The SMILES string of the molecule is COc1cccc(C2Oc3ccccc3C3CC(c4ccc(C)cc4)=NN32)c1OC. The van der Waals surface area contributed by atoms with Crippen molar-refractivity contribution in [1.82, 2.24) is 5.01 Å². The molecule has 0 saturated heterocycles. The highest BCUT2D eigenvalue weighted by molar-refractivity contribution is 6.02. The van der Waals surface area contributed by atoms with E-state index in [1.807, 2.05) is 30.3 Å². The van der Waals surface area contributed by atoms with Crippen molar-refractivity contribution in [3.8, 4) is 17.2 Å². The van der Waals surface area contributed by atoms with Crippen molar-refractivity contribution in [1.29, 1.82) is 0 Å². The van der Waals surface area contributed by atoms with E-state index in [0.29, 0.717) is 11.5 Å². The van der Waals surface area contributed by atoms with Crippen LogP contribution in [-0.2, 0) is 0 Å². The minimum Gasteiger partial charge on any atom is -0.493 e. The Balaban J connectivity index is 1.62. The number of fused-ring (bicyclic) bond motifs is 3. The molecule has 2 unspecified atom stereocenters. The summed E-state index contributed by atoms with van der Waals surface area (Å²) in [7, 11) is 3.30. The molecule has 2 heterocycles. The number of para-hydroxylation sites is 2. The van der Waals surface area contributed by atoms with E-state index in [2.05, 4.69) is 48.3 Å². The summed E-state index contributed by atoms with van der Waals surface area (Å²) in [5.41, 5.74) is 5.49. The second-order valence-corrected chi connectivity index (χ2v) is 7.60. The summed E-state index contributed by atoms with van der Waals surface area (Å²) in [6.45, 7) is 2.10. The minimum atomic E-state index is -0.405. The molecule has 0 aromatic heterocycles. The maximum atomic E-state index is 6.46. The summed E-state index contributed by atoms with van der Waals surface area (Å²) in [6, 6.07) is 22.7. The number of rotatable bonds is 4. The average Bonchev–Trinajstić information content (AvgIpc) is 3.24. The molecule has 0 amide bonds. The molecule has 5 nitrogen and oxygen atoms in total. The van der Waals surface area contributed by atoms with Crippen LogP contribution >= 0.6 is 0 Å². The Morgan fingerprint density at radius 3 is 2.43 bits per heavy atom.